The monoisotopic (exact) mass is 251 g/mol. The zero-order valence-corrected chi connectivity index (χ0v) is 10.5. The van der Waals surface area contributed by atoms with E-state index < -0.39 is 10.0 Å². The Labute approximate surface area is 97.0 Å². The summed E-state index contributed by atoms with van der Waals surface area (Å²) in [5, 5.41) is 11.1. The molecule has 0 radical (unpaired) electrons. The Hall–Kier alpha value is -0.820. The Morgan fingerprint density at radius 1 is 1.38 bits per heavy atom. The van der Waals surface area contributed by atoms with Gasteiger partial charge in [0.05, 0.1) is 5.75 Å². The molecule has 0 aliphatic rings. The Bertz CT molecular complexity index is 301. The lowest BCUT2D eigenvalue weighted by Crippen LogP contribution is -2.27. The zero-order chi connectivity index (χ0) is 12.4. The number of rotatable bonds is 9. The lowest BCUT2D eigenvalue weighted by molar-refractivity contribution is 0.316. The summed E-state index contributed by atoms with van der Waals surface area (Å²) in [6.45, 7) is 2.36. The molecule has 7 heteroatoms. The van der Waals surface area contributed by atoms with Gasteiger partial charge in [0.2, 0.25) is 10.0 Å². The quantitative estimate of drug-likeness (QED) is 0.184. The fourth-order valence-corrected chi connectivity index (χ4v) is 2.38. The molecule has 0 amide bonds. The van der Waals surface area contributed by atoms with Gasteiger partial charge >= 0.3 is 0 Å². The van der Waals surface area contributed by atoms with E-state index in [1.165, 1.54) is 0 Å². The average molecular weight is 251 g/mol. The maximum absolute atomic E-state index is 11.3. The first-order chi connectivity index (χ1) is 7.52. The van der Waals surface area contributed by atoms with Crippen LogP contribution in [-0.4, -0.2) is 31.8 Å². The first-order valence-corrected chi connectivity index (χ1v) is 7.10. The van der Waals surface area contributed by atoms with Crippen LogP contribution < -0.4 is 10.5 Å². The van der Waals surface area contributed by atoms with Crippen molar-refractivity contribution in [1.29, 1.82) is 0 Å². The summed E-state index contributed by atoms with van der Waals surface area (Å²) in [6.07, 6.45) is 3.41. The number of amidine groups is 1. The number of nitrogens with two attached hydrogens (primary N) is 1. The van der Waals surface area contributed by atoms with Crippen LogP contribution in [0.4, 0.5) is 0 Å². The van der Waals surface area contributed by atoms with Crippen molar-refractivity contribution in [3.05, 3.63) is 0 Å². The zero-order valence-electron chi connectivity index (χ0n) is 9.65. The standard InChI is InChI=1S/C9H21N3O3S/c1-2-3-8-16(14,15)11-7-5-4-6-9(10)12-13/h11,13H,2-8H2,1H3,(H2,10,12). The third-order valence-electron chi connectivity index (χ3n) is 2.08. The Kier molecular flexibility index (Phi) is 7.92. The molecule has 0 fully saturated rings. The van der Waals surface area contributed by atoms with Crippen LogP contribution in [0.3, 0.4) is 0 Å². The van der Waals surface area contributed by atoms with E-state index in [4.69, 9.17) is 10.9 Å². The van der Waals surface area contributed by atoms with E-state index in [-0.39, 0.29) is 11.6 Å². The van der Waals surface area contributed by atoms with E-state index in [2.05, 4.69) is 9.88 Å². The first-order valence-electron chi connectivity index (χ1n) is 5.45. The van der Waals surface area contributed by atoms with Crippen LogP contribution in [0.2, 0.25) is 0 Å². The second-order valence-electron chi connectivity index (χ2n) is 3.62. The minimum absolute atomic E-state index is 0.175. The lowest BCUT2D eigenvalue weighted by atomic mass is 10.2. The van der Waals surface area contributed by atoms with Crippen LogP contribution in [0.5, 0.6) is 0 Å². The molecule has 6 nitrogen and oxygen atoms in total. The van der Waals surface area contributed by atoms with E-state index in [9.17, 15) is 8.42 Å². The molecule has 0 aromatic rings. The lowest BCUT2D eigenvalue weighted by Gasteiger charge is -2.05. The average Bonchev–Trinajstić information content (AvgIpc) is 2.25. The molecule has 0 atom stereocenters. The van der Waals surface area contributed by atoms with Gasteiger partial charge in [0, 0.05) is 13.0 Å². The number of hydrogen-bond acceptors (Lipinski definition) is 4. The van der Waals surface area contributed by atoms with Gasteiger partial charge in [0.1, 0.15) is 5.84 Å². The highest BCUT2D eigenvalue weighted by molar-refractivity contribution is 7.89. The molecule has 0 saturated heterocycles. The molecule has 0 spiro atoms. The largest absolute Gasteiger partial charge is 0.409 e. The summed E-state index contributed by atoms with van der Waals surface area (Å²) in [7, 11) is -3.11. The molecule has 0 aliphatic heterocycles. The van der Waals surface area contributed by atoms with Crippen LogP contribution >= 0.6 is 0 Å². The van der Waals surface area contributed by atoms with Crippen LogP contribution in [0.25, 0.3) is 0 Å². The minimum Gasteiger partial charge on any atom is -0.409 e. The molecular weight excluding hydrogens is 230 g/mol. The summed E-state index contributed by atoms with van der Waals surface area (Å²) in [6, 6.07) is 0. The SMILES string of the molecule is CCCCS(=O)(=O)NCCCCC(N)=NO. The molecule has 4 N–H and O–H groups in total. The van der Waals surface area contributed by atoms with Crippen molar-refractivity contribution in [2.75, 3.05) is 12.3 Å². The summed E-state index contributed by atoms with van der Waals surface area (Å²) in [5.41, 5.74) is 5.27. The molecule has 96 valence electrons. The highest BCUT2D eigenvalue weighted by Crippen LogP contribution is 1.97. The van der Waals surface area contributed by atoms with Crippen molar-refractivity contribution in [3.8, 4) is 0 Å². The molecule has 0 aromatic carbocycles. The second kappa shape index (κ2) is 8.35. The first kappa shape index (κ1) is 15.2. The number of hydrogen-bond donors (Lipinski definition) is 3. The van der Waals surface area contributed by atoms with Crippen molar-refractivity contribution in [2.24, 2.45) is 10.9 Å². The van der Waals surface area contributed by atoms with Crippen LogP contribution in [0.15, 0.2) is 5.16 Å². The normalized spacial score (nSPS) is 12.9. The van der Waals surface area contributed by atoms with Gasteiger partial charge in [-0.25, -0.2) is 13.1 Å². The molecule has 0 aromatic heterocycles. The van der Waals surface area contributed by atoms with Crippen molar-refractivity contribution >= 4 is 15.9 Å². The number of nitrogens with zero attached hydrogens (tertiary/aromatic N) is 1. The molecule has 0 unspecified atom stereocenters. The number of oxime groups is 1. The van der Waals surface area contributed by atoms with E-state index in [0.29, 0.717) is 32.2 Å². The van der Waals surface area contributed by atoms with Gasteiger partial charge in [-0.15, -0.1) is 0 Å². The van der Waals surface area contributed by atoms with E-state index >= 15 is 0 Å². The Balaban J connectivity index is 3.58. The molecule has 0 aliphatic carbocycles. The molecule has 16 heavy (non-hydrogen) atoms. The van der Waals surface area contributed by atoms with Gasteiger partial charge in [0.15, 0.2) is 0 Å². The second-order valence-corrected chi connectivity index (χ2v) is 5.54. The topological polar surface area (TPSA) is 105 Å². The van der Waals surface area contributed by atoms with Gasteiger partial charge in [-0.3, -0.25) is 0 Å². The van der Waals surface area contributed by atoms with Crippen LogP contribution in [0, 0.1) is 0 Å². The summed E-state index contributed by atoms with van der Waals surface area (Å²) in [5.74, 6) is 0.359. The fraction of sp³-hybridized carbons (Fsp3) is 0.889. The smallest absolute Gasteiger partial charge is 0.211 e. The molecule has 0 saturated carbocycles. The molecule has 0 rings (SSSR count). The molecular formula is C9H21N3O3S. The van der Waals surface area contributed by atoms with Gasteiger partial charge in [-0.2, -0.15) is 0 Å². The Morgan fingerprint density at radius 2 is 2.06 bits per heavy atom. The number of unbranched alkanes of at least 4 members (excludes halogenated alkanes) is 2. The van der Waals surface area contributed by atoms with Gasteiger partial charge < -0.3 is 10.9 Å². The van der Waals surface area contributed by atoms with E-state index in [1.807, 2.05) is 6.92 Å². The van der Waals surface area contributed by atoms with Gasteiger partial charge in [-0.1, -0.05) is 18.5 Å². The third-order valence-corrected chi connectivity index (χ3v) is 3.55. The summed E-state index contributed by atoms with van der Waals surface area (Å²) in [4.78, 5) is 0. The summed E-state index contributed by atoms with van der Waals surface area (Å²) < 4.78 is 25.2. The summed E-state index contributed by atoms with van der Waals surface area (Å²) >= 11 is 0. The van der Waals surface area contributed by atoms with Crippen LogP contribution in [0.1, 0.15) is 39.0 Å². The predicted octanol–water partition coefficient (Wildman–Crippen LogP) is 0.623. The molecule has 0 heterocycles. The number of nitrogens with one attached hydrogen (secondary N) is 1. The van der Waals surface area contributed by atoms with Crippen molar-refractivity contribution in [3.63, 3.8) is 0 Å². The highest BCUT2D eigenvalue weighted by atomic mass is 32.2. The maximum Gasteiger partial charge on any atom is 0.211 e. The van der Waals surface area contributed by atoms with E-state index in [1.54, 1.807) is 0 Å². The molecule has 0 bridgehead atoms. The third kappa shape index (κ3) is 8.49. The van der Waals surface area contributed by atoms with Crippen LogP contribution in [-0.2, 0) is 10.0 Å². The predicted molar refractivity (Wildman–Crippen MR) is 64.0 cm³/mol. The van der Waals surface area contributed by atoms with Gasteiger partial charge in [0.25, 0.3) is 0 Å². The highest BCUT2D eigenvalue weighted by Gasteiger charge is 2.07. The van der Waals surface area contributed by atoms with Crippen molar-refractivity contribution in [2.45, 2.75) is 39.0 Å². The number of sulfonamides is 1. The minimum atomic E-state index is -3.11. The van der Waals surface area contributed by atoms with Crippen molar-refractivity contribution < 1.29 is 13.6 Å². The fourth-order valence-electron chi connectivity index (χ4n) is 1.12. The maximum atomic E-state index is 11.3. The van der Waals surface area contributed by atoms with Gasteiger partial charge in [-0.05, 0) is 19.3 Å². The van der Waals surface area contributed by atoms with E-state index in [0.717, 1.165) is 6.42 Å². The Morgan fingerprint density at radius 3 is 2.62 bits per heavy atom. The van der Waals surface area contributed by atoms with Crippen molar-refractivity contribution in [1.82, 2.24) is 4.72 Å².